The molecule has 1 heterocycles. The smallest absolute Gasteiger partial charge is 0.314 e. The van der Waals surface area contributed by atoms with Crippen LogP contribution in [0.1, 0.15) is 30.5 Å². The van der Waals surface area contributed by atoms with Gasteiger partial charge in [-0.25, -0.2) is 0 Å². The molecular weight excluding hydrogens is 289 g/mol. The van der Waals surface area contributed by atoms with E-state index in [0.29, 0.717) is 12.0 Å². The van der Waals surface area contributed by atoms with Crippen LogP contribution >= 0.6 is 12.4 Å². The first kappa shape index (κ1) is 17.3. The summed E-state index contributed by atoms with van der Waals surface area (Å²) in [4.78, 5) is 2.14. The highest BCUT2D eigenvalue weighted by Crippen LogP contribution is 2.37. The van der Waals surface area contributed by atoms with Gasteiger partial charge in [0.25, 0.3) is 0 Å². The van der Waals surface area contributed by atoms with Gasteiger partial charge in [-0.2, -0.15) is 13.2 Å². The minimum absolute atomic E-state index is 0. The number of benzene rings is 1. The van der Waals surface area contributed by atoms with E-state index in [4.69, 9.17) is 0 Å². The largest absolute Gasteiger partial charge is 0.416 e. The number of halogens is 4. The molecule has 6 heteroatoms. The number of nitrogens with one attached hydrogen (secondary N) is 1. The highest BCUT2D eigenvalue weighted by molar-refractivity contribution is 5.85. The summed E-state index contributed by atoms with van der Waals surface area (Å²) in [7, 11) is 0. The van der Waals surface area contributed by atoms with E-state index in [1.54, 1.807) is 12.1 Å². The van der Waals surface area contributed by atoms with Crippen LogP contribution in [0.3, 0.4) is 0 Å². The first-order valence-electron chi connectivity index (χ1n) is 6.65. The summed E-state index contributed by atoms with van der Waals surface area (Å²) in [6.07, 6.45) is -3.59. The van der Waals surface area contributed by atoms with Gasteiger partial charge in [-0.15, -0.1) is 12.4 Å². The molecule has 1 saturated heterocycles. The molecule has 1 aromatic rings. The van der Waals surface area contributed by atoms with Gasteiger partial charge in [0.1, 0.15) is 0 Å². The van der Waals surface area contributed by atoms with Crippen molar-refractivity contribution in [2.24, 2.45) is 0 Å². The van der Waals surface area contributed by atoms with Gasteiger partial charge in [0.2, 0.25) is 0 Å². The van der Waals surface area contributed by atoms with Crippen LogP contribution < -0.4 is 5.32 Å². The number of nitrogens with zero attached hydrogens (tertiary/aromatic N) is 1. The predicted octanol–water partition coefficient (Wildman–Crippen LogP) is 3.48. The van der Waals surface area contributed by atoms with Crippen molar-refractivity contribution < 1.29 is 13.2 Å². The zero-order valence-electron chi connectivity index (χ0n) is 11.4. The Morgan fingerprint density at radius 3 is 2.35 bits per heavy atom. The monoisotopic (exact) mass is 308 g/mol. The second-order valence-corrected chi connectivity index (χ2v) is 4.80. The average molecular weight is 309 g/mol. The molecule has 1 aromatic carbocycles. The fourth-order valence-corrected chi connectivity index (χ4v) is 2.71. The summed E-state index contributed by atoms with van der Waals surface area (Å²) in [5, 5.41) is 3.23. The SMILES string of the molecule is CC[C@H](c1ccccc1C(F)(F)F)N1CCNCC1.Cl. The van der Waals surface area contributed by atoms with Crippen molar-refractivity contribution >= 4 is 12.4 Å². The maximum absolute atomic E-state index is 13.1. The van der Waals surface area contributed by atoms with Crippen molar-refractivity contribution in [2.45, 2.75) is 25.6 Å². The molecule has 0 saturated carbocycles. The quantitative estimate of drug-likeness (QED) is 0.919. The molecule has 2 rings (SSSR count). The summed E-state index contributed by atoms with van der Waals surface area (Å²) >= 11 is 0. The topological polar surface area (TPSA) is 15.3 Å². The van der Waals surface area contributed by atoms with E-state index < -0.39 is 11.7 Å². The average Bonchev–Trinajstić information content (AvgIpc) is 2.40. The Bertz CT molecular complexity index is 417. The highest BCUT2D eigenvalue weighted by atomic mass is 35.5. The van der Waals surface area contributed by atoms with Gasteiger partial charge in [0, 0.05) is 32.2 Å². The van der Waals surface area contributed by atoms with Crippen molar-refractivity contribution in [3.05, 3.63) is 35.4 Å². The molecule has 2 nitrogen and oxygen atoms in total. The Morgan fingerprint density at radius 1 is 1.20 bits per heavy atom. The van der Waals surface area contributed by atoms with Crippen LogP contribution in [0.25, 0.3) is 0 Å². The van der Waals surface area contributed by atoms with E-state index in [-0.39, 0.29) is 18.4 Å². The summed E-state index contributed by atoms with van der Waals surface area (Å²) in [5.74, 6) is 0. The highest BCUT2D eigenvalue weighted by Gasteiger charge is 2.35. The van der Waals surface area contributed by atoms with Crippen LogP contribution in [-0.2, 0) is 6.18 Å². The standard InChI is InChI=1S/C14H19F3N2.ClH/c1-2-13(19-9-7-18-8-10-19)11-5-3-4-6-12(11)14(15,16)17;/h3-6,13,18H,2,7-10H2,1H3;1H/t13-;/m1./s1. The van der Waals surface area contributed by atoms with Crippen LogP contribution in [0.15, 0.2) is 24.3 Å². The Hall–Kier alpha value is -0.780. The summed E-state index contributed by atoms with van der Waals surface area (Å²) < 4.78 is 39.2. The predicted molar refractivity (Wildman–Crippen MR) is 76.2 cm³/mol. The van der Waals surface area contributed by atoms with Crippen LogP contribution in [-0.4, -0.2) is 31.1 Å². The van der Waals surface area contributed by atoms with Gasteiger partial charge < -0.3 is 5.32 Å². The second-order valence-electron chi connectivity index (χ2n) is 4.80. The van der Waals surface area contributed by atoms with Crippen LogP contribution in [0, 0.1) is 0 Å². The van der Waals surface area contributed by atoms with Crippen molar-refractivity contribution in [1.82, 2.24) is 10.2 Å². The maximum atomic E-state index is 13.1. The lowest BCUT2D eigenvalue weighted by Crippen LogP contribution is -2.45. The van der Waals surface area contributed by atoms with Crippen LogP contribution in [0.5, 0.6) is 0 Å². The van der Waals surface area contributed by atoms with Gasteiger partial charge in [0.05, 0.1) is 5.56 Å². The molecular formula is C14H20ClF3N2. The fraction of sp³-hybridized carbons (Fsp3) is 0.571. The lowest BCUT2D eigenvalue weighted by atomic mass is 9.96. The molecule has 0 aromatic heterocycles. The lowest BCUT2D eigenvalue weighted by molar-refractivity contribution is -0.138. The fourth-order valence-electron chi connectivity index (χ4n) is 2.71. The molecule has 0 radical (unpaired) electrons. The molecule has 1 atom stereocenters. The number of alkyl halides is 3. The third-order valence-electron chi connectivity index (χ3n) is 3.60. The molecule has 1 fully saturated rings. The second kappa shape index (κ2) is 7.29. The van der Waals surface area contributed by atoms with Gasteiger partial charge in [-0.05, 0) is 18.1 Å². The van der Waals surface area contributed by atoms with E-state index in [2.05, 4.69) is 10.2 Å². The molecule has 0 spiro atoms. The molecule has 114 valence electrons. The molecule has 0 bridgehead atoms. The minimum atomic E-state index is -4.28. The molecule has 1 aliphatic heterocycles. The van der Waals surface area contributed by atoms with E-state index in [1.165, 1.54) is 12.1 Å². The third-order valence-corrected chi connectivity index (χ3v) is 3.60. The number of rotatable bonds is 3. The first-order valence-corrected chi connectivity index (χ1v) is 6.65. The first-order chi connectivity index (χ1) is 9.04. The Morgan fingerprint density at radius 2 is 1.80 bits per heavy atom. The van der Waals surface area contributed by atoms with Crippen LogP contribution in [0.4, 0.5) is 13.2 Å². The van der Waals surface area contributed by atoms with Gasteiger partial charge in [-0.3, -0.25) is 4.90 Å². The molecule has 0 aliphatic carbocycles. The van der Waals surface area contributed by atoms with Crippen molar-refractivity contribution in [1.29, 1.82) is 0 Å². The number of piperazine rings is 1. The van der Waals surface area contributed by atoms with E-state index in [0.717, 1.165) is 26.2 Å². The Labute approximate surface area is 123 Å². The number of hydrogen-bond donors (Lipinski definition) is 1. The zero-order valence-corrected chi connectivity index (χ0v) is 12.2. The van der Waals surface area contributed by atoms with Crippen molar-refractivity contribution in [2.75, 3.05) is 26.2 Å². The Balaban J connectivity index is 0.00000200. The lowest BCUT2D eigenvalue weighted by Gasteiger charge is -2.35. The zero-order chi connectivity index (χ0) is 13.9. The molecule has 0 unspecified atom stereocenters. The van der Waals surface area contributed by atoms with E-state index >= 15 is 0 Å². The van der Waals surface area contributed by atoms with Crippen molar-refractivity contribution in [3.63, 3.8) is 0 Å². The molecule has 0 amide bonds. The summed E-state index contributed by atoms with van der Waals surface area (Å²) in [6, 6.07) is 5.78. The van der Waals surface area contributed by atoms with Crippen molar-refractivity contribution in [3.8, 4) is 0 Å². The van der Waals surface area contributed by atoms with E-state index in [1.807, 2.05) is 6.92 Å². The molecule has 20 heavy (non-hydrogen) atoms. The number of hydrogen-bond acceptors (Lipinski definition) is 2. The summed E-state index contributed by atoms with van der Waals surface area (Å²) in [6.45, 7) is 5.21. The third kappa shape index (κ3) is 3.87. The van der Waals surface area contributed by atoms with Gasteiger partial charge in [-0.1, -0.05) is 25.1 Å². The van der Waals surface area contributed by atoms with Gasteiger partial charge in [0.15, 0.2) is 0 Å². The normalized spacial score (nSPS) is 18.4. The minimum Gasteiger partial charge on any atom is -0.314 e. The van der Waals surface area contributed by atoms with Crippen LogP contribution in [0.2, 0.25) is 0 Å². The Kier molecular flexibility index (Phi) is 6.30. The molecule has 1 N–H and O–H groups in total. The van der Waals surface area contributed by atoms with E-state index in [9.17, 15) is 13.2 Å². The molecule has 1 aliphatic rings. The summed E-state index contributed by atoms with van der Waals surface area (Å²) in [5.41, 5.74) is -0.0974. The maximum Gasteiger partial charge on any atom is 0.416 e. The van der Waals surface area contributed by atoms with Gasteiger partial charge >= 0.3 is 6.18 Å².